The molecule has 0 heterocycles. The SMILES string of the molecule is CCS(=O)(=O)CCNC(C)c1ccccc1Cl. The fraction of sp³-hybridized carbons (Fsp3) is 0.500. The lowest BCUT2D eigenvalue weighted by Crippen LogP contribution is -2.26. The van der Waals surface area contributed by atoms with Gasteiger partial charge >= 0.3 is 0 Å². The molecule has 0 bridgehead atoms. The van der Waals surface area contributed by atoms with E-state index in [4.69, 9.17) is 11.6 Å². The van der Waals surface area contributed by atoms with E-state index < -0.39 is 9.84 Å². The van der Waals surface area contributed by atoms with Crippen molar-refractivity contribution < 1.29 is 8.42 Å². The van der Waals surface area contributed by atoms with Crippen molar-refractivity contribution in [2.45, 2.75) is 19.9 Å². The summed E-state index contributed by atoms with van der Waals surface area (Å²) in [6.45, 7) is 4.08. The first-order valence-electron chi connectivity index (χ1n) is 5.64. The van der Waals surface area contributed by atoms with Gasteiger partial charge in [-0.05, 0) is 18.6 Å². The third-order valence-corrected chi connectivity index (χ3v) is 4.73. The molecule has 1 unspecified atom stereocenters. The number of hydrogen-bond donors (Lipinski definition) is 1. The minimum absolute atomic E-state index is 0.0516. The maximum absolute atomic E-state index is 11.3. The Labute approximate surface area is 108 Å². The Hall–Kier alpha value is -0.580. The lowest BCUT2D eigenvalue weighted by molar-refractivity contribution is 0.573. The smallest absolute Gasteiger partial charge is 0.151 e. The van der Waals surface area contributed by atoms with Crippen LogP contribution in [0.25, 0.3) is 0 Å². The predicted molar refractivity (Wildman–Crippen MR) is 72.2 cm³/mol. The predicted octanol–water partition coefficient (Wildman–Crippen LogP) is 2.43. The van der Waals surface area contributed by atoms with Crippen molar-refractivity contribution in [3.63, 3.8) is 0 Å². The van der Waals surface area contributed by atoms with E-state index in [2.05, 4.69) is 5.32 Å². The van der Waals surface area contributed by atoms with Gasteiger partial charge in [0.25, 0.3) is 0 Å². The second-order valence-corrected chi connectivity index (χ2v) is 6.81. The Morgan fingerprint density at radius 2 is 2.00 bits per heavy atom. The Bertz CT molecular complexity index is 459. The van der Waals surface area contributed by atoms with Crippen LogP contribution in [0.1, 0.15) is 25.5 Å². The number of nitrogens with one attached hydrogen (secondary N) is 1. The first-order chi connectivity index (χ1) is 7.96. The highest BCUT2D eigenvalue weighted by Gasteiger charge is 2.11. The van der Waals surface area contributed by atoms with Crippen molar-refractivity contribution in [1.82, 2.24) is 5.32 Å². The van der Waals surface area contributed by atoms with E-state index >= 15 is 0 Å². The maximum Gasteiger partial charge on any atom is 0.151 e. The minimum Gasteiger partial charge on any atom is -0.309 e. The zero-order valence-corrected chi connectivity index (χ0v) is 11.7. The highest BCUT2D eigenvalue weighted by molar-refractivity contribution is 7.91. The average Bonchev–Trinajstić information content (AvgIpc) is 2.29. The van der Waals surface area contributed by atoms with Gasteiger partial charge in [0.2, 0.25) is 0 Å². The highest BCUT2D eigenvalue weighted by atomic mass is 35.5. The van der Waals surface area contributed by atoms with E-state index in [-0.39, 0.29) is 17.5 Å². The Balaban J connectivity index is 2.51. The molecular weight excluding hydrogens is 258 g/mol. The molecule has 0 saturated heterocycles. The van der Waals surface area contributed by atoms with Crippen LogP contribution in [-0.2, 0) is 9.84 Å². The molecule has 1 atom stereocenters. The first kappa shape index (κ1) is 14.5. The van der Waals surface area contributed by atoms with E-state index in [0.717, 1.165) is 5.56 Å². The average molecular weight is 276 g/mol. The molecule has 0 aliphatic carbocycles. The molecule has 5 heteroatoms. The van der Waals surface area contributed by atoms with Crippen LogP contribution in [0, 0.1) is 0 Å². The van der Waals surface area contributed by atoms with Gasteiger partial charge in [0.15, 0.2) is 9.84 Å². The summed E-state index contributed by atoms with van der Waals surface area (Å²) >= 11 is 6.06. The van der Waals surface area contributed by atoms with Crippen LogP contribution >= 0.6 is 11.6 Å². The molecular formula is C12H18ClNO2S. The van der Waals surface area contributed by atoms with E-state index in [1.807, 2.05) is 31.2 Å². The van der Waals surface area contributed by atoms with Gasteiger partial charge < -0.3 is 5.32 Å². The third-order valence-electron chi connectivity index (χ3n) is 2.68. The summed E-state index contributed by atoms with van der Waals surface area (Å²) in [5, 5.41) is 3.87. The Morgan fingerprint density at radius 1 is 1.35 bits per heavy atom. The molecule has 0 radical (unpaired) electrons. The Morgan fingerprint density at radius 3 is 2.59 bits per heavy atom. The molecule has 1 aromatic carbocycles. The number of hydrogen-bond acceptors (Lipinski definition) is 3. The van der Waals surface area contributed by atoms with Crippen LogP contribution < -0.4 is 5.32 Å². The molecule has 1 N–H and O–H groups in total. The van der Waals surface area contributed by atoms with Crippen LogP contribution in [0.15, 0.2) is 24.3 Å². The van der Waals surface area contributed by atoms with Crippen molar-refractivity contribution in [2.24, 2.45) is 0 Å². The maximum atomic E-state index is 11.3. The van der Waals surface area contributed by atoms with E-state index in [1.54, 1.807) is 6.92 Å². The zero-order chi connectivity index (χ0) is 12.9. The topological polar surface area (TPSA) is 46.2 Å². The van der Waals surface area contributed by atoms with Crippen LogP contribution in [0.3, 0.4) is 0 Å². The second-order valence-electron chi connectivity index (χ2n) is 3.93. The fourth-order valence-electron chi connectivity index (χ4n) is 1.51. The summed E-state index contributed by atoms with van der Waals surface area (Å²) in [4.78, 5) is 0. The van der Waals surface area contributed by atoms with Gasteiger partial charge in [-0.25, -0.2) is 8.42 Å². The molecule has 0 aliphatic rings. The fourth-order valence-corrected chi connectivity index (χ4v) is 2.53. The molecule has 0 fully saturated rings. The monoisotopic (exact) mass is 275 g/mol. The zero-order valence-electron chi connectivity index (χ0n) is 10.1. The molecule has 96 valence electrons. The third kappa shape index (κ3) is 4.66. The number of halogens is 1. The molecule has 17 heavy (non-hydrogen) atoms. The number of benzene rings is 1. The van der Waals surface area contributed by atoms with Crippen LogP contribution in [0.4, 0.5) is 0 Å². The quantitative estimate of drug-likeness (QED) is 0.867. The van der Waals surface area contributed by atoms with Crippen molar-refractivity contribution in [3.05, 3.63) is 34.9 Å². The Kier molecular flexibility index (Phi) is 5.43. The molecule has 0 aliphatic heterocycles. The van der Waals surface area contributed by atoms with Crippen molar-refractivity contribution in [1.29, 1.82) is 0 Å². The molecule has 0 aromatic heterocycles. The summed E-state index contributed by atoms with van der Waals surface area (Å²) in [6, 6.07) is 7.62. The summed E-state index contributed by atoms with van der Waals surface area (Å²) in [7, 11) is -2.90. The molecule has 1 aromatic rings. The molecule has 0 amide bonds. The van der Waals surface area contributed by atoms with E-state index in [1.165, 1.54) is 0 Å². The van der Waals surface area contributed by atoms with Gasteiger partial charge in [-0.2, -0.15) is 0 Å². The summed E-state index contributed by atoms with van der Waals surface area (Å²) in [6.07, 6.45) is 0. The van der Waals surface area contributed by atoms with Crippen LogP contribution in [0.2, 0.25) is 5.02 Å². The van der Waals surface area contributed by atoms with Crippen molar-refractivity contribution in [3.8, 4) is 0 Å². The standard InChI is InChI=1S/C12H18ClNO2S/c1-3-17(15,16)9-8-14-10(2)11-6-4-5-7-12(11)13/h4-7,10,14H,3,8-9H2,1-2H3. The van der Waals surface area contributed by atoms with E-state index in [9.17, 15) is 8.42 Å². The van der Waals surface area contributed by atoms with Crippen LogP contribution in [-0.4, -0.2) is 26.5 Å². The minimum atomic E-state index is -2.90. The van der Waals surface area contributed by atoms with Gasteiger partial charge in [0, 0.05) is 23.4 Å². The van der Waals surface area contributed by atoms with E-state index in [0.29, 0.717) is 11.6 Å². The van der Waals surface area contributed by atoms with Crippen molar-refractivity contribution in [2.75, 3.05) is 18.1 Å². The molecule has 1 rings (SSSR count). The number of sulfone groups is 1. The highest BCUT2D eigenvalue weighted by Crippen LogP contribution is 2.21. The van der Waals surface area contributed by atoms with Gasteiger partial charge in [-0.15, -0.1) is 0 Å². The first-order valence-corrected chi connectivity index (χ1v) is 7.84. The van der Waals surface area contributed by atoms with Gasteiger partial charge in [0.1, 0.15) is 0 Å². The number of rotatable bonds is 6. The van der Waals surface area contributed by atoms with Gasteiger partial charge in [-0.3, -0.25) is 0 Å². The lowest BCUT2D eigenvalue weighted by Gasteiger charge is -2.15. The summed E-state index contributed by atoms with van der Waals surface area (Å²) < 4.78 is 22.6. The van der Waals surface area contributed by atoms with Gasteiger partial charge in [-0.1, -0.05) is 36.7 Å². The van der Waals surface area contributed by atoms with Crippen molar-refractivity contribution >= 4 is 21.4 Å². The summed E-state index contributed by atoms with van der Waals surface area (Å²) in [5.74, 6) is 0.355. The van der Waals surface area contributed by atoms with Gasteiger partial charge in [0.05, 0.1) is 5.75 Å². The van der Waals surface area contributed by atoms with Crippen LogP contribution in [0.5, 0.6) is 0 Å². The lowest BCUT2D eigenvalue weighted by atomic mass is 10.1. The second kappa shape index (κ2) is 6.38. The molecule has 3 nitrogen and oxygen atoms in total. The molecule has 0 spiro atoms. The largest absolute Gasteiger partial charge is 0.309 e. The molecule has 0 saturated carbocycles. The summed E-state index contributed by atoms with van der Waals surface area (Å²) in [5.41, 5.74) is 0.989. The normalized spacial score (nSPS) is 13.6.